The van der Waals surface area contributed by atoms with Gasteiger partial charge in [0.15, 0.2) is 5.75 Å². The number of tetrazole rings is 1. The molecule has 0 bridgehead atoms. The number of rotatable bonds is 10. The lowest BCUT2D eigenvalue weighted by Gasteiger charge is -2.42. The van der Waals surface area contributed by atoms with Crippen molar-refractivity contribution in [3.63, 3.8) is 0 Å². The maximum absolute atomic E-state index is 13.0. The molecule has 10 rings (SSSR count). The van der Waals surface area contributed by atoms with E-state index in [-0.39, 0.29) is 41.2 Å². The first-order valence-electron chi connectivity index (χ1n) is 23.5. The third-order valence-electron chi connectivity index (χ3n) is 13.6. The van der Waals surface area contributed by atoms with E-state index in [4.69, 9.17) is 14.7 Å². The van der Waals surface area contributed by atoms with Gasteiger partial charge in [-0.05, 0) is 113 Å². The Hall–Kier alpha value is -6.95. The highest BCUT2D eigenvalue weighted by Gasteiger charge is 2.36. The van der Waals surface area contributed by atoms with Crippen LogP contribution in [0.3, 0.4) is 0 Å². The number of aromatic nitrogens is 8. The molecular formula is C49H58N14O4. The SMILES string of the molecule is Cc1cc(-c2nc(-c3ccc(N4CCN(CC5CCN(c6cccc7c6OCCN7C6CCC(=O)NC6=O)CC5)CC4)nc3)cn3nccc23)ccc1[C@@H](C)NC(=O)c1nnn(C(C)(C)C)n1. The van der Waals surface area contributed by atoms with Crippen LogP contribution in [-0.4, -0.2) is 127 Å². The van der Waals surface area contributed by atoms with E-state index in [0.717, 1.165) is 121 Å². The first-order valence-corrected chi connectivity index (χ1v) is 23.5. The fraction of sp³-hybridized carbons (Fsp3) is 0.449. The van der Waals surface area contributed by atoms with Gasteiger partial charge in [0.2, 0.25) is 11.8 Å². The van der Waals surface area contributed by atoms with Crippen LogP contribution < -0.4 is 30.1 Å². The molecule has 18 heteroatoms. The van der Waals surface area contributed by atoms with Gasteiger partial charge in [0, 0.05) is 69.6 Å². The molecule has 0 radical (unpaired) electrons. The monoisotopic (exact) mass is 906 g/mol. The summed E-state index contributed by atoms with van der Waals surface area (Å²) in [5, 5.41) is 22.4. The Morgan fingerprint density at radius 3 is 2.45 bits per heavy atom. The number of benzene rings is 2. The summed E-state index contributed by atoms with van der Waals surface area (Å²) in [6.07, 6.45) is 8.73. The van der Waals surface area contributed by atoms with E-state index in [1.807, 2.05) is 75.8 Å². The highest BCUT2D eigenvalue weighted by atomic mass is 16.5. The van der Waals surface area contributed by atoms with Crippen molar-refractivity contribution in [2.75, 3.05) is 73.7 Å². The largest absolute Gasteiger partial charge is 0.487 e. The van der Waals surface area contributed by atoms with E-state index in [2.05, 4.69) is 81.1 Å². The number of ether oxygens (including phenoxy) is 1. The first kappa shape index (κ1) is 43.9. The molecule has 67 heavy (non-hydrogen) atoms. The van der Waals surface area contributed by atoms with Gasteiger partial charge in [0.25, 0.3) is 11.7 Å². The number of fused-ring (bicyclic) bond motifs is 2. The van der Waals surface area contributed by atoms with Crippen LogP contribution in [0.5, 0.6) is 5.75 Å². The predicted octanol–water partition coefficient (Wildman–Crippen LogP) is 5.04. The quantitative estimate of drug-likeness (QED) is 0.174. The molecule has 4 aliphatic heterocycles. The second-order valence-corrected chi connectivity index (χ2v) is 19.2. The van der Waals surface area contributed by atoms with Gasteiger partial charge in [-0.2, -0.15) is 9.90 Å². The van der Waals surface area contributed by atoms with Crippen LogP contribution in [-0.2, 0) is 15.1 Å². The number of hydrogen-bond acceptors (Lipinski definition) is 14. The van der Waals surface area contributed by atoms with Crippen molar-refractivity contribution >= 4 is 40.4 Å². The molecule has 2 aromatic carbocycles. The lowest BCUT2D eigenvalue weighted by atomic mass is 9.95. The Morgan fingerprint density at radius 1 is 0.925 bits per heavy atom. The summed E-state index contributed by atoms with van der Waals surface area (Å²) in [4.78, 5) is 58.7. The number of nitrogens with zero attached hydrogens (tertiary/aromatic N) is 12. The molecule has 348 valence electrons. The van der Waals surface area contributed by atoms with Crippen LogP contribution >= 0.6 is 0 Å². The summed E-state index contributed by atoms with van der Waals surface area (Å²) in [5.74, 6) is 1.67. The van der Waals surface area contributed by atoms with E-state index in [1.165, 1.54) is 4.80 Å². The predicted molar refractivity (Wildman–Crippen MR) is 254 cm³/mol. The number of pyridine rings is 1. The third-order valence-corrected chi connectivity index (χ3v) is 13.6. The topological polar surface area (TPSA) is 184 Å². The van der Waals surface area contributed by atoms with Crippen molar-refractivity contribution in [1.29, 1.82) is 0 Å². The Morgan fingerprint density at radius 2 is 1.72 bits per heavy atom. The number of carbonyl (C=O) groups is 3. The number of hydrogen-bond donors (Lipinski definition) is 2. The van der Waals surface area contributed by atoms with Gasteiger partial charge in [-0.15, -0.1) is 10.2 Å². The first-order chi connectivity index (χ1) is 32.4. The van der Waals surface area contributed by atoms with E-state index in [0.29, 0.717) is 31.9 Å². The summed E-state index contributed by atoms with van der Waals surface area (Å²) in [5.41, 5.74) is 7.95. The Bertz CT molecular complexity index is 2800. The van der Waals surface area contributed by atoms with Gasteiger partial charge in [0.05, 0.1) is 58.8 Å². The molecule has 6 aromatic rings. The number of imide groups is 1. The molecule has 1 unspecified atom stereocenters. The number of nitrogens with one attached hydrogen (secondary N) is 2. The average Bonchev–Trinajstić information content (AvgIpc) is 4.03. The maximum Gasteiger partial charge on any atom is 0.293 e. The van der Waals surface area contributed by atoms with Gasteiger partial charge in [-0.1, -0.05) is 18.2 Å². The van der Waals surface area contributed by atoms with Gasteiger partial charge in [-0.25, -0.2) is 14.5 Å². The van der Waals surface area contributed by atoms with Crippen molar-refractivity contribution in [2.45, 2.75) is 77.9 Å². The lowest BCUT2D eigenvalue weighted by molar-refractivity contribution is -0.134. The zero-order valence-corrected chi connectivity index (χ0v) is 38.9. The molecule has 3 saturated heterocycles. The molecule has 3 fully saturated rings. The zero-order valence-electron chi connectivity index (χ0n) is 38.9. The van der Waals surface area contributed by atoms with Gasteiger partial charge in [-0.3, -0.25) is 24.6 Å². The summed E-state index contributed by atoms with van der Waals surface area (Å²) in [6.45, 7) is 17.8. The van der Waals surface area contributed by atoms with E-state index < -0.39 is 0 Å². The molecule has 8 heterocycles. The number of para-hydroxylation sites is 1. The fourth-order valence-electron chi connectivity index (χ4n) is 9.93. The Balaban J connectivity index is 0.739. The van der Waals surface area contributed by atoms with Gasteiger partial charge >= 0.3 is 0 Å². The number of anilines is 3. The van der Waals surface area contributed by atoms with Crippen LogP contribution in [0.2, 0.25) is 0 Å². The van der Waals surface area contributed by atoms with Crippen molar-refractivity contribution in [3.05, 3.63) is 90.1 Å². The Kier molecular flexibility index (Phi) is 11.8. The summed E-state index contributed by atoms with van der Waals surface area (Å²) in [7, 11) is 0. The average molecular weight is 907 g/mol. The van der Waals surface area contributed by atoms with Crippen LogP contribution in [0, 0.1) is 12.8 Å². The summed E-state index contributed by atoms with van der Waals surface area (Å²) < 4.78 is 8.12. The highest BCUT2D eigenvalue weighted by molar-refractivity contribution is 6.02. The van der Waals surface area contributed by atoms with Crippen LogP contribution in [0.1, 0.15) is 81.2 Å². The second-order valence-electron chi connectivity index (χ2n) is 19.2. The third kappa shape index (κ3) is 9.01. The molecule has 3 amide bonds. The number of carbonyl (C=O) groups excluding carboxylic acids is 3. The number of piperidine rings is 2. The van der Waals surface area contributed by atoms with Crippen molar-refractivity contribution in [1.82, 2.24) is 55.3 Å². The maximum atomic E-state index is 13.0. The molecule has 0 aliphatic carbocycles. The van der Waals surface area contributed by atoms with E-state index in [9.17, 15) is 14.4 Å². The van der Waals surface area contributed by atoms with Crippen molar-refractivity contribution < 1.29 is 19.1 Å². The molecule has 2 atom stereocenters. The van der Waals surface area contributed by atoms with Crippen molar-refractivity contribution in [3.8, 4) is 28.3 Å². The zero-order chi connectivity index (χ0) is 46.4. The fourth-order valence-corrected chi connectivity index (χ4v) is 9.93. The summed E-state index contributed by atoms with van der Waals surface area (Å²) >= 11 is 0. The van der Waals surface area contributed by atoms with Crippen LogP contribution in [0.15, 0.2) is 73.2 Å². The molecule has 0 saturated carbocycles. The number of aryl methyl sites for hydroxylation is 1. The van der Waals surface area contributed by atoms with E-state index >= 15 is 0 Å². The number of piperazine rings is 1. The highest BCUT2D eigenvalue weighted by Crippen LogP contribution is 2.43. The molecule has 4 aromatic heterocycles. The Labute approximate surface area is 389 Å². The minimum Gasteiger partial charge on any atom is -0.487 e. The number of amides is 3. The van der Waals surface area contributed by atoms with Crippen LogP contribution in [0.25, 0.3) is 28.0 Å². The van der Waals surface area contributed by atoms with Gasteiger partial charge in [0.1, 0.15) is 18.5 Å². The standard InChI is InChI=1S/C49H58N14O4/c1-31-27-34(9-11-36(31)32(2)52-48(66)46-55-57-63(56-46)49(3,4)5)44-38-15-18-51-62(38)30-37(53-44)35-10-13-42(50-28-35)60-23-21-58(22-24-60)29-33-16-19-59(20-17-33)39-7-6-8-40-45(39)67-26-25-61(40)41-12-14-43(64)54-47(41)65/h6-11,13,15,18,27-28,30,32-33,41H,12,14,16-17,19-26,29H2,1-5H3,(H,52,66)(H,54,64,65)/t32-,41?/m1/s1. The summed E-state index contributed by atoms with van der Waals surface area (Å²) in [6, 6.07) is 17.9. The molecule has 2 N–H and O–H groups in total. The van der Waals surface area contributed by atoms with E-state index in [1.54, 1.807) is 6.20 Å². The minimum atomic E-state index is -0.382. The van der Waals surface area contributed by atoms with Crippen molar-refractivity contribution in [2.24, 2.45) is 5.92 Å². The van der Waals surface area contributed by atoms with Crippen LogP contribution in [0.4, 0.5) is 17.2 Å². The molecular weight excluding hydrogens is 849 g/mol. The molecule has 18 nitrogen and oxygen atoms in total. The lowest BCUT2D eigenvalue weighted by Crippen LogP contribution is -2.54. The molecule has 0 spiro atoms. The second kappa shape index (κ2) is 18.0. The molecule has 4 aliphatic rings. The normalized spacial score (nSPS) is 19.0. The smallest absolute Gasteiger partial charge is 0.293 e. The van der Waals surface area contributed by atoms with Gasteiger partial charge < -0.3 is 24.8 Å². The minimum absolute atomic E-state index is 0.0357.